The van der Waals surface area contributed by atoms with Crippen LogP contribution >= 0.6 is 0 Å². The quantitative estimate of drug-likeness (QED) is 0.620. The van der Waals surface area contributed by atoms with Gasteiger partial charge in [-0.25, -0.2) is 0 Å². The average Bonchev–Trinajstić information content (AvgIpc) is 2.53. The lowest BCUT2D eigenvalue weighted by Crippen LogP contribution is -3.41. The lowest BCUT2D eigenvalue weighted by atomic mass is 9.56. The highest BCUT2D eigenvalue weighted by molar-refractivity contribution is 5.32. The summed E-state index contributed by atoms with van der Waals surface area (Å²) in [6.45, 7) is 8.69. The van der Waals surface area contributed by atoms with E-state index in [4.69, 9.17) is 0 Å². The molecule has 4 saturated heterocycles. The van der Waals surface area contributed by atoms with Gasteiger partial charge in [-0.05, 0) is 25.0 Å². The molecule has 0 saturated carbocycles. The molecule has 132 valence electrons. The molecule has 4 heterocycles. The molecule has 0 atom stereocenters. The average molecular weight is 332 g/mol. The van der Waals surface area contributed by atoms with Gasteiger partial charge in [0, 0.05) is 0 Å². The molecule has 4 bridgehead atoms. The van der Waals surface area contributed by atoms with Crippen molar-refractivity contribution in [3.8, 4) is 5.75 Å². The van der Waals surface area contributed by atoms with Gasteiger partial charge in [-0.15, -0.1) is 0 Å². The van der Waals surface area contributed by atoms with Crippen LogP contribution in [0.2, 0.25) is 0 Å². The van der Waals surface area contributed by atoms with Gasteiger partial charge in [0.25, 0.3) is 0 Å². The molecule has 4 nitrogen and oxygen atoms in total. The van der Waals surface area contributed by atoms with Crippen LogP contribution in [0.5, 0.6) is 5.75 Å². The standard InChI is InChI=1S/C20H30N2O2/c1-3-9-19-11-21-13-20(10-4-2,18(19)24)14-22(12-19)17(21)15-7-5-6-8-16(15)23/h5-8,17-18,23-24H,3-4,9-14H2,1-2H3/p+2. The van der Waals surface area contributed by atoms with Crippen molar-refractivity contribution in [1.82, 2.24) is 0 Å². The number of benzene rings is 1. The molecule has 4 fully saturated rings. The van der Waals surface area contributed by atoms with E-state index in [1.165, 1.54) is 0 Å². The second-order valence-electron chi connectivity index (χ2n) is 8.64. The number of aliphatic hydroxyl groups excluding tert-OH is 1. The van der Waals surface area contributed by atoms with E-state index in [1.807, 2.05) is 18.2 Å². The predicted octanol–water partition coefficient (Wildman–Crippen LogP) is 0.135. The van der Waals surface area contributed by atoms with E-state index < -0.39 is 0 Å². The van der Waals surface area contributed by atoms with Crippen LogP contribution in [0.25, 0.3) is 0 Å². The summed E-state index contributed by atoms with van der Waals surface area (Å²) in [6, 6.07) is 7.86. The van der Waals surface area contributed by atoms with Gasteiger partial charge in [-0.2, -0.15) is 0 Å². The van der Waals surface area contributed by atoms with Gasteiger partial charge < -0.3 is 10.2 Å². The number of aliphatic hydroxyl groups is 1. The molecule has 0 aliphatic carbocycles. The number of phenols is 1. The topological polar surface area (TPSA) is 49.3 Å². The van der Waals surface area contributed by atoms with Gasteiger partial charge in [0.1, 0.15) is 11.3 Å². The first kappa shape index (κ1) is 16.4. The third-order valence-electron chi connectivity index (χ3n) is 7.04. The maximum Gasteiger partial charge on any atom is 0.243 e. The summed E-state index contributed by atoms with van der Waals surface area (Å²) in [6.07, 6.45) is 4.71. The number of rotatable bonds is 5. The Morgan fingerprint density at radius 2 is 1.46 bits per heavy atom. The molecule has 0 radical (unpaired) electrons. The highest BCUT2D eigenvalue weighted by atomic mass is 16.3. The van der Waals surface area contributed by atoms with E-state index >= 15 is 0 Å². The number of phenolic OH excluding ortho intramolecular Hbond substituents is 1. The van der Waals surface area contributed by atoms with Gasteiger partial charge >= 0.3 is 0 Å². The van der Waals surface area contributed by atoms with E-state index in [2.05, 4.69) is 19.9 Å². The van der Waals surface area contributed by atoms with E-state index in [1.54, 1.807) is 9.80 Å². The maximum absolute atomic E-state index is 11.3. The normalized spacial score (nSPS) is 43.3. The largest absolute Gasteiger partial charge is 0.507 e. The van der Waals surface area contributed by atoms with Crippen LogP contribution in [0.3, 0.4) is 0 Å². The summed E-state index contributed by atoms with van der Waals surface area (Å²) in [5, 5.41) is 21.7. The summed E-state index contributed by atoms with van der Waals surface area (Å²) in [5.74, 6) is 0.435. The Bertz CT molecular complexity index is 575. The fraction of sp³-hybridized carbons (Fsp3) is 0.700. The van der Waals surface area contributed by atoms with Crippen molar-refractivity contribution >= 4 is 0 Å². The van der Waals surface area contributed by atoms with Crippen molar-refractivity contribution in [3.05, 3.63) is 29.8 Å². The van der Waals surface area contributed by atoms with Gasteiger partial charge in [0.2, 0.25) is 6.17 Å². The van der Waals surface area contributed by atoms with Crippen molar-refractivity contribution in [1.29, 1.82) is 0 Å². The molecule has 24 heavy (non-hydrogen) atoms. The van der Waals surface area contributed by atoms with Gasteiger partial charge in [-0.1, -0.05) is 38.8 Å². The zero-order valence-electron chi connectivity index (χ0n) is 15.0. The third-order valence-corrected chi connectivity index (χ3v) is 7.04. The molecule has 0 spiro atoms. The molecule has 4 heteroatoms. The Morgan fingerprint density at radius 3 is 1.92 bits per heavy atom. The molecule has 0 unspecified atom stereocenters. The highest BCUT2D eigenvalue weighted by Crippen LogP contribution is 2.45. The summed E-state index contributed by atoms with van der Waals surface area (Å²) in [4.78, 5) is 3.16. The van der Waals surface area contributed by atoms with E-state index in [9.17, 15) is 10.2 Å². The number of aromatic hydroxyl groups is 1. The smallest absolute Gasteiger partial charge is 0.243 e. The Morgan fingerprint density at radius 1 is 0.958 bits per heavy atom. The highest BCUT2D eigenvalue weighted by Gasteiger charge is 2.70. The number of hydrogen-bond donors (Lipinski definition) is 4. The van der Waals surface area contributed by atoms with E-state index in [0.717, 1.165) is 57.4 Å². The van der Waals surface area contributed by atoms with Crippen molar-refractivity contribution in [2.75, 3.05) is 26.2 Å². The Labute approximate surface area is 145 Å². The number of para-hydroxylation sites is 1. The SMILES string of the molecule is CCCC12C[NH+]3CC(CCC)(C[NH+](C1)C3c1ccccc1O)C2O. The van der Waals surface area contributed by atoms with Crippen LogP contribution in [-0.4, -0.2) is 42.5 Å². The molecule has 4 aliphatic rings. The molecule has 0 amide bonds. The van der Waals surface area contributed by atoms with Crippen LogP contribution in [0.4, 0.5) is 0 Å². The van der Waals surface area contributed by atoms with Crippen LogP contribution in [0, 0.1) is 10.8 Å². The second-order valence-corrected chi connectivity index (χ2v) is 8.64. The monoisotopic (exact) mass is 332 g/mol. The molecular weight excluding hydrogens is 300 g/mol. The van der Waals surface area contributed by atoms with E-state index in [-0.39, 0.29) is 16.9 Å². The number of quaternary nitrogens is 2. The Hall–Kier alpha value is -1.10. The van der Waals surface area contributed by atoms with Crippen molar-refractivity contribution < 1.29 is 20.0 Å². The zero-order chi connectivity index (χ0) is 16.9. The van der Waals surface area contributed by atoms with Crippen LogP contribution in [-0.2, 0) is 0 Å². The van der Waals surface area contributed by atoms with Crippen molar-refractivity contribution in [2.24, 2.45) is 10.8 Å². The van der Waals surface area contributed by atoms with Crippen molar-refractivity contribution in [2.45, 2.75) is 51.8 Å². The summed E-state index contributed by atoms with van der Waals surface area (Å²) in [7, 11) is 0. The molecule has 4 aliphatic heterocycles. The summed E-state index contributed by atoms with van der Waals surface area (Å²) in [5.41, 5.74) is 1.24. The zero-order valence-corrected chi connectivity index (χ0v) is 15.0. The first-order chi connectivity index (χ1) is 11.6. The van der Waals surface area contributed by atoms with Crippen LogP contribution in [0.15, 0.2) is 24.3 Å². The molecule has 4 N–H and O–H groups in total. The minimum atomic E-state index is -0.150. The molecular formula is C20H32N2O2+2. The van der Waals surface area contributed by atoms with Gasteiger partial charge in [-0.3, -0.25) is 9.80 Å². The Balaban J connectivity index is 1.74. The first-order valence-electron chi connectivity index (χ1n) is 9.70. The molecule has 1 aromatic rings. The lowest BCUT2D eigenvalue weighted by Gasteiger charge is -2.64. The lowest BCUT2D eigenvalue weighted by molar-refractivity contribution is -1.19. The minimum absolute atomic E-state index is 0.0754. The molecule has 0 aromatic heterocycles. The Kier molecular flexibility index (Phi) is 3.90. The number of nitrogens with one attached hydrogen (secondary N) is 2. The molecule has 5 rings (SSSR count). The van der Waals surface area contributed by atoms with Gasteiger partial charge in [0.15, 0.2) is 0 Å². The number of piperidine rings is 2. The predicted molar refractivity (Wildman–Crippen MR) is 92.9 cm³/mol. The number of hydrogen-bond acceptors (Lipinski definition) is 2. The summed E-state index contributed by atoms with van der Waals surface area (Å²) >= 11 is 0. The second kappa shape index (κ2) is 5.72. The van der Waals surface area contributed by atoms with Crippen LogP contribution in [0.1, 0.15) is 51.3 Å². The fourth-order valence-corrected chi connectivity index (χ4v) is 6.59. The van der Waals surface area contributed by atoms with E-state index in [0.29, 0.717) is 11.9 Å². The van der Waals surface area contributed by atoms with Gasteiger partial charge in [0.05, 0.1) is 43.1 Å². The minimum Gasteiger partial charge on any atom is -0.507 e. The maximum atomic E-state index is 11.3. The van der Waals surface area contributed by atoms with Crippen LogP contribution < -0.4 is 9.80 Å². The fourth-order valence-electron chi connectivity index (χ4n) is 6.59. The summed E-state index contributed by atoms with van der Waals surface area (Å²) < 4.78 is 0. The third kappa shape index (κ3) is 2.16. The molecule has 1 aromatic carbocycles. The first-order valence-corrected chi connectivity index (χ1v) is 9.70. The van der Waals surface area contributed by atoms with Crippen molar-refractivity contribution in [3.63, 3.8) is 0 Å².